The molecule has 0 spiro atoms. The topological polar surface area (TPSA) is 55.4 Å². The highest BCUT2D eigenvalue weighted by atomic mass is 16.5. The largest absolute Gasteiger partial charge is 0.468 e. The van der Waals surface area contributed by atoms with Crippen LogP contribution in [-0.2, 0) is 9.59 Å². The Morgan fingerprint density at radius 1 is 1.44 bits per heavy atom. The van der Waals surface area contributed by atoms with Gasteiger partial charge in [-0.2, -0.15) is 0 Å². The molecule has 1 aromatic rings. The fourth-order valence-electron chi connectivity index (χ4n) is 3.06. The Balaban J connectivity index is 2.14. The fourth-order valence-corrected chi connectivity index (χ4v) is 3.06. The first-order valence-corrected chi connectivity index (χ1v) is 6.11. The van der Waals surface area contributed by atoms with Crippen LogP contribution in [-0.4, -0.2) is 17.4 Å². The molecule has 0 saturated carbocycles. The van der Waals surface area contributed by atoms with Gasteiger partial charge in [-0.25, -0.2) is 0 Å². The number of piperidine rings is 1. The number of amides is 1. The number of ketones is 1. The van der Waals surface area contributed by atoms with Gasteiger partial charge in [-0.15, -0.1) is 0 Å². The number of fused-ring (bicyclic) bond motifs is 4. The number of Topliss-reactive ketones (excluding diaryl/α,β-unsaturated/α-hetero) is 1. The normalized spacial score (nSPS) is 33.1. The molecule has 94 valence electrons. The maximum atomic E-state index is 12.1. The van der Waals surface area contributed by atoms with Crippen molar-refractivity contribution in [3.63, 3.8) is 0 Å². The second kappa shape index (κ2) is 3.57. The SMILES string of the molecule is CC(=O)[C@@H]1C(=O)N[C@@]2(C)C[C@@H]1c1ccccc1O2. The quantitative estimate of drug-likeness (QED) is 0.765. The maximum absolute atomic E-state index is 12.1. The summed E-state index contributed by atoms with van der Waals surface area (Å²) in [6.45, 7) is 3.33. The highest BCUT2D eigenvalue weighted by molar-refractivity contribution is 6.02. The molecule has 1 N–H and O–H groups in total. The highest BCUT2D eigenvalue weighted by Crippen LogP contribution is 2.46. The van der Waals surface area contributed by atoms with Gasteiger partial charge in [0, 0.05) is 12.3 Å². The molecule has 1 amide bonds. The number of nitrogens with one attached hydrogen (secondary N) is 1. The van der Waals surface area contributed by atoms with E-state index in [-0.39, 0.29) is 17.6 Å². The predicted octanol–water partition coefficient (Wildman–Crippen LogP) is 1.60. The van der Waals surface area contributed by atoms with Crippen LogP contribution < -0.4 is 10.1 Å². The summed E-state index contributed by atoms with van der Waals surface area (Å²) in [7, 11) is 0. The molecule has 2 aliphatic heterocycles. The second-order valence-corrected chi connectivity index (χ2v) is 5.26. The van der Waals surface area contributed by atoms with Gasteiger partial charge in [-0.1, -0.05) is 18.2 Å². The molecule has 4 nitrogen and oxygen atoms in total. The molecule has 0 aliphatic carbocycles. The minimum absolute atomic E-state index is 0.0776. The number of carbonyl (C=O) groups is 2. The zero-order chi connectivity index (χ0) is 12.9. The van der Waals surface area contributed by atoms with Crippen LogP contribution in [0.5, 0.6) is 5.75 Å². The Kier molecular flexibility index (Phi) is 2.24. The Morgan fingerprint density at radius 3 is 2.89 bits per heavy atom. The maximum Gasteiger partial charge on any atom is 0.234 e. The van der Waals surface area contributed by atoms with Gasteiger partial charge in [0.15, 0.2) is 5.72 Å². The first-order valence-electron chi connectivity index (χ1n) is 6.11. The zero-order valence-electron chi connectivity index (χ0n) is 10.4. The van der Waals surface area contributed by atoms with Crippen LogP contribution in [0.25, 0.3) is 0 Å². The van der Waals surface area contributed by atoms with Gasteiger partial charge in [0.2, 0.25) is 5.91 Å². The molecule has 2 heterocycles. The number of rotatable bonds is 1. The Morgan fingerprint density at radius 2 is 2.17 bits per heavy atom. The van der Waals surface area contributed by atoms with Crippen LogP contribution in [0.15, 0.2) is 24.3 Å². The summed E-state index contributed by atoms with van der Waals surface area (Å²) < 4.78 is 5.85. The van der Waals surface area contributed by atoms with Crippen LogP contribution >= 0.6 is 0 Å². The summed E-state index contributed by atoms with van der Waals surface area (Å²) in [5.41, 5.74) is 0.271. The first-order chi connectivity index (χ1) is 8.50. The lowest BCUT2D eigenvalue weighted by molar-refractivity contribution is -0.145. The summed E-state index contributed by atoms with van der Waals surface area (Å²) in [6, 6.07) is 7.63. The predicted molar refractivity (Wildman–Crippen MR) is 65.1 cm³/mol. The van der Waals surface area contributed by atoms with E-state index in [1.807, 2.05) is 31.2 Å². The van der Waals surface area contributed by atoms with Gasteiger partial charge in [-0.3, -0.25) is 9.59 Å². The second-order valence-electron chi connectivity index (χ2n) is 5.26. The third kappa shape index (κ3) is 1.52. The molecule has 0 radical (unpaired) electrons. The van der Waals surface area contributed by atoms with Crippen molar-refractivity contribution in [2.24, 2.45) is 5.92 Å². The van der Waals surface area contributed by atoms with Crippen molar-refractivity contribution >= 4 is 11.7 Å². The molecular formula is C14H15NO3. The van der Waals surface area contributed by atoms with Gasteiger partial charge < -0.3 is 10.1 Å². The van der Waals surface area contributed by atoms with Crippen molar-refractivity contribution in [3.8, 4) is 5.75 Å². The lowest BCUT2D eigenvalue weighted by Gasteiger charge is -2.46. The summed E-state index contributed by atoms with van der Waals surface area (Å²) >= 11 is 0. The summed E-state index contributed by atoms with van der Waals surface area (Å²) in [5, 5.41) is 2.81. The van der Waals surface area contributed by atoms with E-state index >= 15 is 0 Å². The number of carbonyl (C=O) groups excluding carboxylic acids is 2. The van der Waals surface area contributed by atoms with Crippen molar-refractivity contribution in [2.45, 2.75) is 31.9 Å². The fraction of sp³-hybridized carbons (Fsp3) is 0.429. The van der Waals surface area contributed by atoms with E-state index in [4.69, 9.17) is 4.74 Å². The molecule has 1 saturated heterocycles. The third-order valence-electron chi connectivity index (χ3n) is 3.77. The molecule has 2 aliphatic rings. The van der Waals surface area contributed by atoms with Crippen molar-refractivity contribution in [2.75, 3.05) is 0 Å². The van der Waals surface area contributed by atoms with Crippen LogP contribution in [0.3, 0.4) is 0 Å². The van der Waals surface area contributed by atoms with Crippen LogP contribution in [0.2, 0.25) is 0 Å². The molecule has 18 heavy (non-hydrogen) atoms. The molecular weight excluding hydrogens is 230 g/mol. The lowest BCUT2D eigenvalue weighted by Crippen LogP contribution is -2.61. The molecule has 2 bridgehead atoms. The van der Waals surface area contributed by atoms with Crippen molar-refractivity contribution in [3.05, 3.63) is 29.8 Å². The van der Waals surface area contributed by atoms with Crippen LogP contribution in [0.1, 0.15) is 31.7 Å². The summed E-state index contributed by atoms with van der Waals surface area (Å²) in [5.74, 6) is -0.219. The van der Waals surface area contributed by atoms with Crippen LogP contribution in [0, 0.1) is 5.92 Å². The zero-order valence-corrected chi connectivity index (χ0v) is 10.4. The van der Waals surface area contributed by atoms with Gasteiger partial charge in [-0.05, 0) is 25.5 Å². The number of hydrogen-bond acceptors (Lipinski definition) is 3. The molecule has 0 aromatic heterocycles. The smallest absolute Gasteiger partial charge is 0.234 e. The van der Waals surface area contributed by atoms with E-state index < -0.39 is 11.6 Å². The van der Waals surface area contributed by atoms with Gasteiger partial charge in [0.05, 0.1) is 0 Å². The van der Waals surface area contributed by atoms with Crippen molar-refractivity contribution < 1.29 is 14.3 Å². The van der Waals surface area contributed by atoms with E-state index in [0.29, 0.717) is 6.42 Å². The van der Waals surface area contributed by atoms with Crippen LogP contribution in [0.4, 0.5) is 0 Å². The van der Waals surface area contributed by atoms with Crippen molar-refractivity contribution in [1.29, 1.82) is 0 Å². The molecule has 0 unspecified atom stereocenters. The first kappa shape index (κ1) is 11.3. The van der Waals surface area contributed by atoms with E-state index in [1.165, 1.54) is 6.92 Å². The summed E-state index contributed by atoms with van der Waals surface area (Å²) in [4.78, 5) is 23.8. The average Bonchev–Trinajstić information content (AvgIpc) is 2.26. The van der Waals surface area contributed by atoms with E-state index in [0.717, 1.165) is 11.3 Å². The molecule has 1 fully saturated rings. The van der Waals surface area contributed by atoms with E-state index in [1.54, 1.807) is 0 Å². The number of ether oxygens (including phenoxy) is 1. The summed E-state index contributed by atoms with van der Waals surface area (Å²) in [6.07, 6.45) is 0.639. The lowest BCUT2D eigenvalue weighted by atomic mass is 9.73. The van der Waals surface area contributed by atoms with Crippen molar-refractivity contribution in [1.82, 2.24) is 5.32 Å². The third-order valence-corrected chi connectivity index (χ3v) is 3.77. The highest BCUT2D eigenvalue weighted by Gasteiger charge is 2.50. The Bertz CT molecular complexity index is 540. The van der Waals surface area contributed by atoms with Gasteiger partial charge in [0.1, 0.15) is 17.5 Å². The molecule has 3 atom stereocenters. The minimum Gasteiger partial charge on any atom is -0.468 e. The molecule has 1 aromatic carbocycles. The Hall–Kier alpha value is -1.84. The monoisotopic (exact) mass is 245 g/mol. The van der Waals surface area contributed by atoms with E-state index in [9.17, 15) is 9.59 Å². The number of benzene rings is 1. The molecule has 4 heteroatoms. The average molecular weight is 245 g/mol. The Labute approximate surface area is 105 Å². The number of hydrogen-bond donors (Lipinski definition) is 1. The molecule has 3 rings (SSSR count). The van der Waals surface area contributed by atoms with Gasteiger partial charge >= 0.3 is 0 Å². The minimum atomic E-state index is -0.692. The number of para-hydroxylation sites is 1. The standard InChI is InChI=1S/C14H15NO3/c1-8(16)12-10-7-14(2,15-13(12)17)18-11-6-4-3-5-9(10)11/h3-6,10,12H,7H2,1-2H3,(H,15,17)/t10-,12+,14-/m1/s1. The van der Waals surface area contributed by atoms with E-state index in [2.05, 4.69) is 5.32 Å². The van der Waals surface area contributed by atoms with Gasteiger partial charge in [0.25, 0.3) is 0 Å².